The van der Waals surface area contributed by atoms with E-state index in [2.05, 4.69) is 126 Å². The third kappa shape index (κ3) is 39.2. The van der Waals surface area contributed by atoms with Gasteiger partial charge in [0.25, 0.3) is 0 Å². The molecule has 0 aliphatic carbocycles. The first-order valence-electron chi connectivity index (χ1n) is 31.6. The second-order valence-corrected chi connectivity index (χ2v) is 22.5. The molecule has 521 valence electrons. The molecule has 10 rings (SSSR count). The van der Waals surface area contributed by atoms with Crippen LogP contribution in [0.4, 0.5) is 0 Å². The molecule has 2 fully saturated rings. The largest absolute Gasteiger partial charge is 1.00 e. The van der Waals surface area contributed by atoms with E-state index in [9.17, 15) is 9.59 Å². The van der Waals surface area contributed by atoms with Gasteiger partial charge < -0.3 is 77.3 Å². The van der Waals surface area contributed by atoms with Crippen LogP contribution < -0.4 is 79.8 Å². The maximum atomic E-state index is 9.77. The number of aromatic nitrogens is 7. The molecule has 0 saturated carbocycles. The molecule has 2 unspecified atom stereocenters. The third-order valence-corrected chi connectivity index (χ3v) is 15.5. The van der Waals surface area contributed by atoms with Gasteiger partial charge in [0, 0.05) is 123 Å². The normalized spacial score (nSPS) is 14.1. The van der Waals surface area contributed by atoms with E-state index in [1.807, 2.05) is 97.6 Å². The summed E-state index contributed by atoms with van der Waals surface area (Å²) in [6, 6.07) is 38.4. The molecule has 7 aromatic rings. The number of aryl methyl sites for hydroxylation is 1. The van der Waals surface area contributed by atoms with E-state index in [1.165, 1.54) is 68.8 Å². The second kappa shape index (κ2) is 59.2. The summed E-state index contributed by atoms with van der Waals surface area (Å²) in [4.78, 5) is 52.8. The van der Waals surface area contributed by atoms with Crippen LogP contribution in [0.15, 0.2) is 177 Å². The molecule has 3 aliphatic heterocycles. The van der Waals surface area contributed by atoms with Crippen molar-refractivity contribution < 1.29 is 82.5 Å². The number of hydrogen-bond donors (Lipinski definition) is 9. The van der Waals surface area contributed by atoms with E-state index in [4.69, 9.17) is 49.1 Å². The van der Waals surface area contributed by atoms with Crippen LogP contribution in [0.2, 0.25) is 0 Å². The Balaban J connectivity index is -0.00000107. The topological polar surface area (TPSA) is 336 Å². The molecule has 0 amide bonds. The maximum absolute atomic E-state index is 9.77. The van der Waals surface area contributed by atoms with Crippen molar-refractivity contribution in [2.75, 3.05) is 97.0 Å². The van der Waals surface area contributed by atoms with Gasteiger partial charge in [0.15, 0.2) is 24.6 Å². The Hall–Kier alpha value is -4.69. The van der Waals surface area contributed by atoms with Crippen LogP contribution in [0.1, 0.15) is 94.6 Å². The van der Waals surface area contributed by atoms with Crippen molar-refractivity contribution in [3.05, 3.63) is 194 Å². The van der Waals surface area contributed by atoms with Gasteiger partial charge in [-0.1, -0.05) is 52.3 Å². The Labute approximate surface area is 634 Å². The summed E-state index contributed by atoms with van der Waals surface area (Å²) in [5, 5.41) is 33.6. The molecule has 7 aromatic heterocycles. The number of carboxylic acids is 2. The summed E-state index contributed by atoms with van der Waals surface area (Å²) in [6.45, 7) is 15.3. The zero-order valence-electron chi connectivity index (χ0n) is 56.6. The molecule has 0 aromatic carbocycles. The van der Waals surface area contributed by atoms with Gasteiger partial charge in [0.2, 0.25) is 0 Å². The summed E-state index contributed by atoms with van der Waals surface area (Å²) >= 11 is 3.23. The first-order valence-corrected chi connectivity index (χ1v) is 32.8. The van der Waals surface area contributed by atoms with Crippen LogP contribution in [0.25, 0.3) is 28.1 Å². The number of aliphatic hydroxyl groups is 2. The maximum Gasteiger partial charge on any atom is 1.00 e. The average molecular weight is 1590 g/mol. The van der Waals surface area contributed by atoms with Crippen LogP contribution in [0.3, 0.4) is 0 Å². The fraction of sp³-hybridized carbons (Fsp3) is 0.435. The van der Waals surface area contributed by atoms with E-state index < -0.39 is 24.1 Å². The van der Waals surface area contributed by atoms with Crippen LogP contribution in [-0.4, -0.2) is 195 Å². The number of halogens is 4. The SMILES string of the molecule is Br.Br.NCCCBr.NCCCN1CC=C(c2ccccn2)CC1.NCCCN1CCC(c2ccccn2)CC1.NCCCN1CCC(c2ccccn2)CC1.NCCC[n+]1ccc(-c2ccccn2)cc1.O=C(O)C(O)C(O)C(=O)O.[B].[Br-].[H-].[Na+].c1ccc(-c2ccncc2)nc1. The second-order valence-electron chi connectivity index (χ2n) is 21.7. The number of nitrogens with two attached hydrogens (primary N) is 5. The molecule has 21 nitrogen and oxygen atoms in total. The van der Waals surface area contributed by atoms with Gasteiger partial charge in [-0.25, -0.2) is 14.2 Å². The van der Waals surface area contributed by atoms with Crippen molar-refractivity contribution in [2.45, 2.75) is 94.8 Å². The van der Waals surface area contributed by atoms with Crippen molar-refractivity contribution in [3.63, 3.8) is 0 Å². The minimum atomic E-state index is -2.27. The summed E-state index contributed by atoms with van der Waals surface area (Å²) < 4.78 is 2.14. The van der Waals surface area contributed by atoms with Crippen molar-refractivity contribution in [3.8, 4) is 22.5 Å². The predicted octanol–water partition coefficient (Wildman–Crippen LogP) is 1.77. The Kier molecular flexibility index (Phi) is 57.6. The fourth-order valence-electron chi connectivity index (χ4n) is 9.77. The summed E-state index contributed by atoms with van der Waals surface area (Å²) in [6.07, 6.45) is 26.2. The van der Waals surface area contributed by atoms with Crippen LogP contribution in [-0.2, 0) is 16.1 Å². The van der Waals surface area contributed by atoms with Crippen molar-refractivity contribution in [1.29, 1.82) is 0 Å². The van der Waals surface area contributed by atoms with Gasteiger partial charge in [0.1, 0.15) is 6.54 Å². The summed E-state index contributed by atoms with van der Waals surface area (Å²) in [5.74, 6) is -2.21. The Bertz CT molecular complexity index is 2860. The van der Waals surface area contributed by atoms with E-state index in [0.717, 1.165) is 144 Å². The van der Waals surface area contributed by atoms with E-state index >= 15 is 0 Å². The quantitative estimate of drug-likeness (QED) is 0.0265. The smallest absolute Gasteiger partial charge is 1.00 e. The van der Waals surface area contributed by atoms with Gasteiger partial charge in [-0.05, 0) is 215 Å². The number of aliphatic hydroxyl groups excluding tert-OH is 2. The molecule has 2 saturated heterocycles. The van der Waals surface area contributed by atoms with Crippen molar-refractivity contribution in [1.82, 2.24) is 44.6 Å². The van der Waals surface area contributed by atoms with E-state index in [0.29, 0.717) is 11.8 Å². The number of hydrogen-bond acceptors (Lipinski definition) is 18. The molecule has 27 heteroatoms. The standard InChI is InChI=1S/2C13H21N3.C13H19N3.C13H16N3.C10H8N2.C4H6O6.C3H8BrN.B.3BrH.Na.H/c4*14-7-3-9-16-10-5-12(6-11-16)13-4-1-2-8-15-13;1-2-6-12-10(3-1)9-4-7-11-8-5-9;5-1(3(7)8)2(6)4(9)10;4-2-1-3-5;;;;;;/h2*1-2,4,8,12H,3,5-7,9-11,14H2;1-2,4-5,8H,3,6-7,9-11,14H2;1-2,4-6,8,10-11H,3,7,9,14H2;1-8H;1-2,5-6H,(H,7,8)(H,9,10);1-3,5H2;;3*1H;;/q;;;+1;;;;;;;;+1;-1/p-1. The number of pyridine rings is 7. The third-order valence-electron chi connectivity index (χ3n) is 15.0. The summed E-state index contributed by atoms with van der Waals surface area (Å²) in [7, 11) is 0. The Morgan fingerprint density at radius 3 is 1.21 bits per heavy atom. The van der Waals surface area contributed by atoms with E-state index in [-0.39, 0.29) is 90.3 Å². The molecule has 96 heavy (non-hydrogen) atoms. The average Bonchev–Trinajstić information content (AvgIpc) is 1.01. The molecule has 0 spiro atoms. The fourth-order valence-corrected chi connectivity index (χ4v) is 10.1. The molecule has 0 bridgehead atoms. The van der Waals surface area contributed by atoms with Crippen LogP contribution in [0.5, 0.6) is 0 Å². The van der Waals surface area contributed by atoms with E-state index in [1.54, 1.807) is 18.6 Å². The van der Waals surface area contributed by atoms with Crippen LogP contribution in [0, 0.1) is 0 Å². The number of likely N-dealkylation sites (tertiary alicyclic amines) is 2. The Morgan fingerprint density at radius 2 is 0.885 bits per heavy atom. The van der Waals surface area contributed by atoms with Gasteiger partial charge >= 0.3 is 41.5 Å². The van der Waals surface area contributed by atoms with Gasteiger partial charge in [-0.2, -0.15) is 0 Å². The number of alkyl halides is 1. The number of piperidine rings is 2. The number of carboxylic acid groups (broad SMARTS) is 2. The Morgan fingerprint density at radius 1 is 0.510 bits per heavy atom. The zero-order chi connectivity index (χ0) is 65.5. The molecule has 3 radical (unpaired) electrons. The van der Waals surface area contributed by atoms with Crippen LogP contribution >= 0.6 is 49.9 Å². The first kappa shape index (κ1) is 93.4. The number of aliphatic carboxylic acids is 2. The first-order chi connectivity index (χ1) is 44.4. The minimum absolute atomic E-state index is 0. The predicted molar refractivity (Wildman–Crippen MR) is 393 cm³/mol. The minimum Gasteiger partial charge on any atom is -1.00 e. The number of rotatable bonds is 22. The number of nitrogens with zero attached hydrogens (tertiary/aromatic N) is 10. The van der Waals surface area contributed by atoms with Gasteiger partial charge in [-0.15, -0.1) is 34.0 Å². The molecule has 10 heterocycles. The monoisotopic (exact) mass is 1590 g/mol. The zero-order valence-corrected chi connectivity index (χ0v) is 64.1. The summed E-state index contributed by atoms with van der Waals surface area (Å²) in [5.41, 5.74) is 36.4. The van der Waals surface area contributed by atoms with Crippen molar-refractivity contribution >= 4 is 75.8 Å². The molecule has 14 N–H and O–H groups in total. The number of carbonyl (C=O) groups is 2. The molecular weight excluding hydrogens is 1490 g/mol. The van der Waals surface area contributed by atoms with Gasteiger partial charge in [-0.3, -0.25) is 34.8 Å². The molecular formula is C69H102BBr4N15NaO6. The molecule has 3 aliphatic rings. The van der Waals surface area contributed by atoms with Gasteiger partial charge in [0.05, 0.1) is 17.1 Å². The van der Waals surface area contributed by atoms with Crippen molar-refractivity contribution in [2.24, 2.45) is 28.7 Å². The molecule has 2 atom stereocenters.